The average molecular weight is 183 g/mol. The van der Waals surface area contributed by atoms with Crippen molar-refractivity contribution in [3.05, 3.63) is 0 Å². The standard InChI is InChI=1S/C11H21NO/c1-10(2,3)13-9-7-8(12)11(9)5-4-6-11/h8-9H,4-7,12H2,1-3H3. The molecule has 1 spiro atoms. The fourth-order valence-electron chi connectivity index (χ4n) is 2.65. The van der Waals surface area contributed by atoms with Crippen LogP contribution in [0, 0.1) is 5.41 Å². The van der Waals surface area contributed by atoms with Gasteiger partial charge in [-0.05, 0) is 40.0 Å². The number of hydrogen-bond donors (Lipinski definition) is 1. The molecule has 0 aromatic rings. The van der Waals surface area contributed by atoms with Crippen molar-refractivity contribution in [2.45, 2.75) is 64.2 Å². The minimum atomic E-state index is -0.00655. The Morgan fingerprint density at radius 2 is 1.92 bits per heavy atom. The Morgan fingerprint density at radius 1 is 1.31 bits per heavy atom. The zero-order valence-corrected chi connectivity index (χ0v) is 8.97. The van der Waals surface area contributed by atoms with E-state index in [0.717, 1.165) is 6.42 Å². The predicted molar refractivity (Wildman–Crippen MR) is 53.5 cm³/mol. The van der Waals surface area contributed by atoms with Gasteiger partial charge in [0.1, 0.15) is 0 Å². The molecule has 76 valence electrons. The lowest BCUT2D eigenvalue weighted by Gasteiger charge is -2.61. The van der Waals surface area contributed by atoms with Gasteiger partial charge in [-0.1, -0.05) is 6.42 Å². The van der Waals surface area contributed by atoms with Crippen molar-refractivity contribution in [1.29, 1.82) is 0 Å². The molecule has 2 fully saturated rings. The maximum Gasteiger partial charge on any atom is 0.0668 e. The van der Waals surface area contributed by atoms with E-state index in [1.165, 1.54) is 19.3 Å². The summed E-state index contributed by atoms with van der Waals surface area (Å²) in [6.07, 6.45) is 5.43. The molecule has 2 aliphatic carbocycles. The van der Waals surface area contributed by atoms with Gasteiger partial charge in [-0.15, -0.1) is 0 Å². The van der Waals surface area contributed by atoms with Crippen molar-refractivity contribution in [1.82, 2.24) is 0 Å². The van der Waals surface area contributed by atoms with Gasteiger partial charge in [-0.3, -0.25) is 0 Å². The van der Waals surface area contributed by atoms with Gasteiger partial charge in [0.25, 0.3) is 0 Å². The highest BCUT2D eigenvalue weighted by atomic mass is 16.5. The van der Waals surface area contributed by atoms with E-state index >= 15 is 0 Å². The van der Waals surface area contributed by atoms with E-state index < -0.39 is 0 Å². The first-order valence-electron chi connectivity index (χ1n) is 5.37. The fraction of sp³-hybridized carbons (Fsp3) is 1.00. The summed E-state index contributed by atoms with van der Waals surface area (Å²) in [6, 6.07) is 0.411. The molecule has 2 saturated carbocycles. The van der Waals surface area contributed by atoms with E-state index in [1.54, 1.807) is 0 Å². The third kappa shape index (κ3) is 1.40. The molecule has 0 aromatic heterocycles. The Hall–Kier alpha value is -0.0800. The van der Waals surface area contributed by atoms with Crippen molar-refractivity contribution in [2.75, 3.05) is 0 Å². The molecule has 2 unspecified atom stereocenters. The summed E-state index contributed by atoms with van der Waals surface area (Å²) in [5.41, 5.74) is 6.42. The van der Waals surface area contributed by atoms with Gasteiger partial charge in [-0.2, -0.15) is 0 Å². The van der Waals surface area contributed by atoms with Crippen LogP contribution in [0.4, 0.5) is 0 Å². The molecule has 0 bridgehead atoms. The highest BCUT2D eigenvalue weighted by molar-refractivity contribution is 5.11. The number of nitrogens with two attached hydrogens (primary N) is 1. The van der Waals surface area contributed by atoms with Crippen LogP contribution in [0.1, 0.15) is 46.5 Å². The topological polar surface area (TPSA) is 35.2 Å². The smallest absolute Gasteiger partial charge is 0.0668 e. The molecule has 0 aliphatic heterocycles. The molecule has 2 aliphatic rings. The van der Waals surface area contributed by atoms with Crippen LogP contribution in [0.3, 0.4) is 0 Å². The van der Waals surface area contributed by atoms with Crippen LogP contribution >= 0.6 is 0 Å². The second-order valence-corrected chi connectivity index (χ2v) is 5.65. The van der Waals surface area contributed by atoms with Gasteiger partial charge in [0.15, 0.2) is 0 Å². The first-order chi connectivity index (χ1) is 5.94. The van der Waals surface area contributed by atoms with Crippen molar-refractivity contribution in [2.24, 2.45) is 11.1 Å². The summed E-state index contributed by atoms with van der Waals surface area (Å²) in [5, 5.41) is 0. The second-order valence-electron chi connectivity index (χ2n) is 5.65. The van der Waals surface area contributed by atoms with Crippen LogP contribution in [0.25, 0.3) is 0 Å². The highest BCUT2D eigenvalue weighted by Gasteiger charge is 2.58. The zero-order valence-electron chi connectivity index (χ0n) is 8.97. The molecule has 0 radical (unpaired) electrons. The lowest BCUT2D eigenvalue weighted by atomic mass is 9.51. The first-order valence-corrected chi connectivity index (χ1v) is 5.37. The molecular formula is C11H21NO. The Kier molecular flexibility index (Phi) is 1.97. The van der Waals surface area contributed by atoms with Crippen LogP contribution in [0.15, 0.2) is 0 Å². The van der Waals surface area contributed by atoms with Crippen LogP contribution in [-0.4, -0.2) is 17.7 Å². The lowest BCUT2D eigenvalue weighted by Crippen LogP contribution is -2.66. The third-order valence-electron chi connectivity index (χ3n) is 3.63. The van der Waals surface area contributed by atoms with Crippen molar-refractivity contribution in [3.8, 4) is 0 Å². The van der Waals surface area contributed by atoms with E-state index in [4.69, 9.17) is 10.5 Å². The largest absolute Gasteiger partial charge is 0.372 e. The van der Waals surface area contributed by atoms with E-state index in [2.05, 4.69) is 20.8 Å². The quantitative estimate of drug-likeness (QED) is 0.675. The van der Waals surface area contributed by atoms with Gasteiger partial charge in [0.05, 0.1) is 11.7 Å². The van der Waals surface area contributed by atoms with E-state index in [0.29, 0.717) is 17.6 Å². The van der Waals surface area contributed by atoms with E-state index in [9.17, 15) is 0 Å². The molecule has 2 nitrogen and oxygen atoms in total. The predicted octanol–water partition coefficient (Wildman–Crippen LogP) is 2.07. The zero-order chi connectivity index (χ0) is 9.69. The lowest BCUT2D eigenvalue weighted by molar-refractivity contribution is -0.207. The summed E-state index contributed by atoms with van der Waals surface area (Å²) in [7, 11) is 0. The van der Waals surface area contributed by atoms with Gasteiger partial charge in [0.2, 0.25) is 0 Å². The molecule has 13 heavy (non-hydrogen) atoms. The van der Waals surface area contributed by atoms with Crippen LogP contribution in [0.5, 0.6) is 0 Å². The van der Waals surface area contributed by atoms with Gasteiger partial charge in [-0.25, -0.2) is 0 Å². The SMILES string of the molecule is CC(C)(C)OC1CC(N)C12CCC2. The van der Waals surface area contributed by atoms with Crippen molar-refractivity contribution in [3.63, 3.8) is 0 Å². The minimum Gasteiger partial charge on any atom is -0.372 e. The van der Waals surface area contributed by atoms with Crippen LogP contribution in [-0.2, 0) is 4.74 Å². The summed E-state index contributed by atoms with van der Waals surface area (Å²) >= 11 is 0. The van der Waals surface area contributed by atoms with E-state index in [1.807, 2.05) is 0 Å². The maximum absolute atomic E-state index is 6.05. The molecule has 2 rings (SSSR count). The molecule has 0 saturated heterocycles. The van der Waals surface area contributed by atoms with Crippen LogP contribution < -0.4 is 5.73 Å². The normalized spacial score (nSPS) is 36.9. The fourth-order valence-corrected chi connectivity index (χ4v) is 2.65. The third-order valence-corrected chi connectivity index (χ3v) is 3.63. The molecule has 0 aromatic carbocycles. The van der Waals surface area contributed by atoms with Crippen LogP contribution in [0.2, 0.25) is 0 Å². The Labute approximate surface area is 80.8 Å². The molecule has 2 N–H and O–H groups in total. The summed E-state index contributed by atoms with van der Waals surface area (Å²) < 4.78 is 6.02. The molecule has 0 amide bonds. The van der Waals surface area contributed by atoms with Gasteiger partial charge < -0.3 is 10.5 Å². The summed E-state index contributed by atoms with van der Waals surface area (Å²) in [4.78, 5) is 0. The number of hydrogen-bond acceptors (Lipinski definition) is 2. The highest BCUT2D eigenvalue weighted by Crippen LogP contribution is 2.57. The molecule has 0 heterocycles. The molecule has 2 heteroatoms. The van der Waals surface area contributed by atoms with Gasteiger partial charge >= 0.3 is 0 Å². The van der Waals surface area contributed by atoms with Crippen molar-refractivity contribution < 1.29 is 4.74 Å². The molecular weight excluding hydrogens is 162 g/mol. The van der Waals surface area contributed by atoms with E-state index in [-0.39, 0.29) is 5.60 Å². The van der Waals surface area contributed by atoms with Crippen molar-refractivity contribution >= 4 is 0 Å². The monoisotopic (exact) mass is 183 g/mol. The summed E-state index contributed by atoms with van der Waals surface area (Å²) in [6.45, 7) is 6.38. The summed E-state index contributed by atoms with van der Waals surface area (Å²) in [5.74, 6) is 0. The van der Waals surface area contributed by atoms with Gasteiger partial charge in [0, 0.05) is 11.5 Å². The second kappa shape index (κ2) is 2.71. The minimum absolute atomic E-state index is 0.00655. The Balaban J connectivity index is 1.96. The number of rotatable bonds is 1. The Bertz CT molecular complexity index is 203. The molecule has 2 atom stereocenters. The maximum atomic E-state index is 6.05. The first kappa shape index (κ1) is 9.47. The average Bonchev–Trinajstić information content (AvgIpc) is 1.78. The Morgan fingerprint density at radius 3 is 2.23 bits per heavy atom. The number of ether oxygens (including phenoxy) is 1.